The van der Waals surface area contributed by atoms with Gasteiger partial charge >= 0.3 is 5.97 Å². The molecule has 0 bridgehead atoms. The van der Waals surface area contributed by atoms with Crippen molar-refractivity contribution in [3.05, 3.63) is 0 Å². The summed E-state index contributed by atoms with van der Waals surface area (Å²) in [7, 11) is 0. The zero-order valence-electron chi connectivity index (χ0n) is 6.80. The van der Waals surface area contributed by atoms with Crippen LogP contribution in [0.2, 0.25) is 0 Å². The summed E-state index contributed by atoms with van der Waals surface area (Å²) in [6, 6.07) is 0. The number of hydrogen-bond acceptors (Lipinski definition) is 2. The summed E-state index contributed by atoms with van der Waals surface area (Å²) in [5, 5.41) is 8.68. The number of carboxylic acid groups (broad SMARTS) is 1. The van der Waals surface area contributed by atoms with Crippen LogP contribution in [-0.4, -0.2) is 23.3 Å². The van der Waals surface area contributed by atoms with Crippen LogP contribution < -0.4 is 0 Å². The number of carboxylic acids is 1. The average molecular weight is 158 g/mol. The van der Waals surface area contributed by atoms with Gasteiger partial charge in [-0.05, 0) is 19.3 Å². The van der Waals surface area contributed by atoms with Crippen LogP contribution in [0.15, 0.2) is 0 Å². The van der Waals surface area contributed by atoms with Crippen molar-refractivity contribution in [3.8, 4) is 0 Å². The molecule has 1 fully saturated rings. The first-order valence-electron chi connectivity index (χ1n) is 4.08. The molecule has 0 spiro atoms. The van der Waals surface area contributed by atoms with Gasteiger partial charge in [-0.1, -0.05) is 13.3 Å². The highest BCUT2D eigenvalue weighted by molar-refractivity contribution is 5.80. The van der Waals surface area contributed by atoms with Crippen molar-refractivity contribution in [2.75, 3.05) is 6.61 Å². The normalized spacial score (nSPS) is 19.7. The molecule has 0 radical (unpaired) electrons. The highest BCUT2D eigenvalue weighted by Crippen LogP contribution is 2.39. The van der Waals surface area contributed by atoms with E-state index >= 15 is 0 Å². The van der Waals surface area contributed by atoms with Crippen LogP contribution in [0.1, 0.15) is 32.6 Å². The van der Waals surface area contributed by atoms with Crippen LogP contribution in [0.4, 0.5) is 0 Å². The van der Waals surface area contributed by atoms with Crippen LogP contribution >= 0.6 is 0 Å². The van der Waals surface area contributed by atoms with E-state index in [0.29, 0.717) is 19.4 Å². The Bertz CT molecular complexity index is 149. The molecular weight excluding hydrogens is 144 g/mol. The maximum Gasteiger partial charge on any atom is 0.335 e. The summed E-state index contributed by atoms with van der Waals surface area (Å²) in [6.07, 6.45) is 3.38. The summed E-state index contributed by atoms with van der Waals surface area (Å²) < 4.78 is 5.24. The zero-order chi connectivity index (χ0) is 8.32. The van der Waals surface area contributed by atoms with Crippen LogP contribution in [0, 0.1) is 0 Å². The van der Waals surface area contributed by atoms with Gasteiger partial charge in [0.05, 0.1) is 0 Å². The number of ether oxygens (including phenoxy) is 1. The van der Waals surface area contributed by atoms with Crippen molar-refractivity contribution >= 4 is 5.97 Å². The van der Waals surface area contributed by atoms with Crippen LogP contribution in [0.3, 0.4) is 0 Å². The fraction of sp³-hybridized carbons (Fsp3) is 0.875. The summed E-state index contributed by atoms with van der Waals surface area (Å²) in [6.45, 7) is 2.65. The minimum atomic E-state index is -0.798. The van der Waals surface area contributed by atoms with E-state index in [-0.39, 0.29) is 0 Å². The third kappa shape index (κ3) is 1.93. The molecule has 0 aromatic rings. The van der Waals surface area contributed by atoms with Gasteiger partial charge in [0.1, 0.15) is 0 Å². The lowest BCUT2D eigenvalue weighted by atomic mass is 10.3. The maximum atomic E-state index is 10.6. The van der Waals surface area contributed by atoms with Crippen molar-refractivity contribution in [1.82, 2.24) is 0 Å². The lowest BCUT2D eigenvalue weighted by Crippen LogP contribution is -2.26. The highest BCUT2D eigenvalue weighted by Gasteiger charge is 2.51. The van der Waals surface area contributed by atoms with Gasteiger partial charge < -0.3 is 9.84 Å². The van der Waals surface area contributed by atoms with Crippen molar-refractivity contribution < 1.29 is 14.6 Å². The van der Waals surface area contributed by atoms with Crippen LogP contribution in [0.25, 0.3) is 0 Å². The lowest BCUT2D eigenvalue weighted by molar-refractivity contribution is -0.153. The Kier molecular flexibility index (Phi) is 2.49. The topological polar surface area (TPSA) is 46.5 Å². The van der Waals surface area contributed by atoms with E-state index in [0.717, 1.165) is 12.8 Å². The molecule has 1 aliphatic rings. The Morgan fingerprint density at radius 2 is 2.27 bits per heavy atom. The second-order valence-corrected chi connectivity index (χ2v) is 3.00. The first-order valence-corrected chi connectivity index (χ1v) is 4.08. The molecule has 0 aromatic carbocycles. The molecule has 3 nitrogen and oxygen atoms in total. The summed E-state index contributed by atoms with van der Waals surface area (Å²) >= 11 is 0. The molecule has 1 N–H and O–H groups in total. The van der Waals surface area contributed by atoms with Gasteiger partial charge in [0.2, 0.25) is 0 Å². The lowest BCUT2D eigenvalue weighted by Gasteiger charge is -2.09. The minimum Gasteiger partial charge on any atom is -0.479 e. The van der Waals surface area contributed by atoms with Gasteiger partial charge in [0.25, 0.3) is 0 Å². The van der Waals surface area contributed by atoms with Gasteiger partial charge in [0, 0.05) is 6.61 Å². The Morgan fingerprint density at radius 3 is 2.64 bits per heavy atom. The minimum absolute atomic E-state index is 0.586. The predicted octanol–water partition coefficient (Wildman–Crippen LogP) is 1.42. The molecule has 1 rings (SSSR count). The molecule has 0 saturated heterocycles. The predicted molar refractivity (Wildman–Crippen MR) is 40.5 cm³/mol. The number of rotatable bonds is 5. The molecule has 64 valence electrons. The SMILES string of the molecule is CCCCOC1(C(=O)O)CC1. The van der Waals surface area contributed by atoms with E-state index in [2.05, 4.69) is 6.92 Å². The molecule has 1 saturated carbocycles. The van der Waals surface area contributed by atoms with Gasteiger partial charge in [-0.2, -0.15) is 0 Å². The third-order valence-electron chi connectivity index (χ3n) is 1.97. The molecule has 0 aromatic heterocycles. The van der Waals surface area contributed by atoms with E-state index in [1.165, 1.54) is 0 Å². The number of hydrogen-bond donors (Lipinski definition) is 1. The first-order chi connectivity index (χ1) is 5.21. The van der Waals surface area contributed by atoms with Gasteiger partial charge in [0.15, 0.2) is 5.60 Å². The molecule has 0 atom stereocenters. The second-order valence-electron chi connectivity index (χ2n) is 3.00. The second kappa shape index (κ2) is 3.22. The molecule has 0 heterocycles. The Hall–Kier alpha value is -0.570. The molecule has 11 heavy (non-hydrogen) atoms. The fourth-order valence-corrected chi connectivity index (χ4v) is 0.945. The molecule has 0 unspecified atom stereocenters. The Balaban J connectivity index is 2.20. The maximum absolute atomic E-state index is 10.6. The van der Waals surface area contributed by atoms with Gasteiger partial charge in [-0.3, -0.25) is 0 Å². The molecule has 1 aliphatic carbocycles. The third-order valence-corrected chi connectivity index (χ3v) is 1.97. The molecular formula is C8H14O3. The average Bonchev–Trinajstić information content (AvgIpc) is 2.70. The fourth-order valence-electron chi connectivity index (χ4n) is 0.945. The van der Waals surface area contributed by atoms with E-state index in [1.54, 1.807) is 0 Å². The van der Waals surface area contributed by atoms with E-state index in [9.17, 15) is 4.79 Å². The monoisotopic (exact) mass is 158 g/mol. The Labute approximate surface area is 66.4 Å². The largest absolute Gasteiger partial charge is 0.479 e. The van der Waals surface area contributed by atoms with Crippen LogP contribution in [0.5, 0.6) is 0 Å². The van der Waals surface area contributed by atoms with E-state index in [1.807, 2.05) is 0 Å². The van der Waals surface area contributed by atoms with Gasteiger partial charge in [-0.25, -0.2) is 4.79 Å². The zero-order valence-corrected chi connectivity index (χ0v) is 6.80. The van der Waals surface area contributed by atoms with Crippen LogP contribution in [-0.2, 0) is 9.53 Å². The van der Waals surface area contributed by atoms with E-state index < -0.39 is 11.6 Å². The molecule has 3 heteroatoms. The standard InChI is InChI=1S/C8H14O3/c1-2-3-6-11-8(4-5-8)7(9)10/h2-6H2,1H3,(H,9,10). The summed E-state index contributed by atoms with van der Waals surface area (Å²) in [5.74, 6) is -0.798. The first kappa shape index (κ1) is 8.53. The quantitative estimate of drug-likeness (QED) is 0.615. The van der Waals surface area contributed by atoms with Gasteiger partial charge in [-0.15, -0.1) is 0 Å². The smallest absolute Gasteiger partial charge is 0.335 e. The molecule has 0 aliphatic heterocycles. The van der Waals surface area contributed by atoms with Crippen molar-refractivity contribution in [2.24, 2.45) is 0 Å². The number of unbranched alkanes of at least 4 members (excludes halogenated alkanes) is 1. The number of carbonyl (C=O) groups is 1. The molecule has 0 amide bonds. The highest BCUT2D eigenvalue weighted by atomic mass is 16.5. The Morgan fingerprint density at radius 1 is 1.64 bits per heavy atom. The number of aliphatic carboxylic acids is 1. The van der Waals surface area contributed by atoms with Crippen molar-refractivity contribution in [3.63, 3.8) is 0 Å². The van der Waals surface area contributed by atoms with Crippen molar-refractivity contribution in [1.29, 1.82) is 0 Å². The summed E-state index contributed by atoms with van der Waals surface area (Å²) in [5.41, 5.74) is -0.783. The van der Waals surface area contributed by atoms with E-state index in [4.69, 9.17) is 9.84 Å². The van der Waals surface area contributed by atoms with Crippen molar-refractivity contribution in [2.45, 2.75) is 38.2 Å². The summed E-state index contributed by atoms with van der Waals surface area (Å²) in [4.78, 5) is 10.6.